The third-order valence-corrected chi connectivity index (χ3v) is 17.6. The van der Waals surface area contributed by atoms with Crippen molar-refractivity contribution in [2.45, 2.75) is 227 Å². The molecule has 0 bridgehead atoms. The molecule has 2 aliphatic rings. The van der Waals surface area contributed by atoms with Gasteiger partial charge in [-0.15, -0.1) is 34.0 Å². The highest BCUT2D eigenvalue weighted by atomic mass is 32.1. The summed E-state index contributed by atoms with van der Waals surface area (Å²) in [6, 6.07) is 4.26. The molecule has 2 amide bonds. The monoisotopic (exact) mass is 946 g/mol. The Kier molecular flexibility index (Phi) is 21.5. The largest absolute Gasteiger partial charge is 0.321 e. The van der Waals surface area contributed by atoms with E-state index < -0.39 is 5.54 Å². The van der Waals surface area contributed by atoms with E-state index in [0.717, 1.165) is 67.3 Å². The molecule has 10 heteroatoms. The molecule has 2 unspecified atom stereocenters. The van der Waals surface area contributed by atoms with Crippen LogP contribution >= 0.6 is 34.0 Å². The maximum absolute atomic E-state index is 15.6. The Morgan fingerprint density at radius 2 is 0.908 bits per heavy atom. The highest BCUT2D eigenvalue weighted by Crippen LogP contribution is 2.50. The first-order valence-corrected chi connectivity index (χ1v) is 28.6. The lowest BCUT2D eigenvalue weighted by atomic mass is 9.93. The van der Waals surface area contributed by atoms with Crippen molar-refractivity contribution in [3.8, 4) is 9.75 Å². The third-order valence-electron chi connectivity index (χ3n) is 13.6. The number of unbranched alkanes of at least 4 members (excludes halogenated alkanes) is 16. The lowest BCUT2D eigenvalue weighted by Crippen LogP contribution is -2.35. The van der Waals surface area contributed by atoms with Gasteiger partial charge in [-0.1, -0.05) is 177 Å². The fourth-order valence-electron chi connectivity index (χ4n) is 9.55. The highest BCUT2D eigenvalue weighted by Gasteiger charge is 2.51. The normalized spacial score (nSPS) is 15.7. The first-order valence-electron chi connectivity index (χ1n) is 26.2. The van der Waals surface area contributed by atoms with Gasteiger partial charge in [-0.25, -0.2) is 9.97 Å². The van der Waals surface area contributed by atoms with E-state index >= 15 is 9.59 Å². The number of thiophene rings is 1. The van der Waals surface area contributed by atoms with E-state index in [1.165, 1.54) is 122 Å². The summed E-state index contributed by atoms with van der Waals surface area (Å²) < 4.78 is 0. The van der Waals surface area contributed by atoms with Crippen molar-refractivity contribution in [2.75, 3.05) is 13.1 Å². The lowest BCUT2D eigenvalue weighted by Gasteiger charge is -2.29. The molecule has 362 valence electrons. The van der Waals surface area contributed by atoms with Crippen LogP contribution in [-0.4, -0.2) is 44.7 Å². The van der Waals surface area contributed by atoms with Crippen LogP contribution in [0.25, 0.3) is 21.1 Å². The molecule has 0 fully saturated rings. The van der Waals surface area contributed by atoms with Gasteiger partial charge in [-0.2, -0.15) is 0 Å². The van der Waals surface area contributed by atoms with Crippen LogP contribution in [0.1, 0.15) is 236 Å². The number of hydrogen-bond donors (Lipinski definition) is 1. The van der Waals surface area contributed by atoms with E-state index in [1.807, 2.05) is 36.0 Å². The van der Waals surface area contributed by atoms with E-state index in [0.29, 0.717) is 41.8 Å². The number of fused-ring (bicyclic) bond motifs is 1. The summed E-state index contributed by atoms with van der Waals surface area (Å²) in [7, 11) is 0. The average molecular weight is 947 g/mol. The van der Waals surface area contributed by atoms with Crippen LogP contribution in [0, 0.1) is 11.8 Å². The Morgan fingerprint density at radius 1 is 0.508 bits per heavy atom. The lowest BCUT2D eigenvalue weighted by molar-refractivity contribution is -0.124. The number of nitrogens with zero attached hydrogens (tertiary/aromatic N) is 4. The molecule has 0 spiro atoms. The van der Waals surface area contributed by atoms with Gasteiger partial charge in [0.2, 0.25) is 0 Å². The quantitative estimate of drug-likeness (QED) is 0.0630. The van der Waals surface area contributed by atoms with Crippen LogP contribution in [0.3, 0.4) is 0 Å². The molecule has 65 heavy (non-hydrogen) atoms. The Labute approximate surface area is 407 Å². The van der Waals surface area contributed by atoms with Crippen molar-refractivity contribution >= 4 is 57.2 Å². The minimum atomic E-state index is -0.445. The van der Waals surface area contributed by atoms with Gasteiger partial charge < -0.3 is 15.5 Å². The van der Waals surface area contributed by atoms with Crippen molar-refractivity contribution in [1.82, 2.24) is 19.8 Å². The topological polar surface area (TPSA) is 92.4 Å². The maximum atomic E-state index is 15.6. The number of hydrogen-bond acceptors (Lipinski definition) is 8. The fourth-order valence-corrected chi connectivity index (χ4v) is 12.7. The van der Waals surface area contributed by atoms with Crippen molar-refractivity contribution < 1.29 is 9.59 Å². The van der Waals surface area contributed by atoms with E-state index in [1.54, 1.807) is 34.0 Å². The van der Waals surface area contributed by atoms with Gasteiger partial charge >= 0.3 is 0 Å². The molecule has 5 rings (SSSR count). The number of amides is 2. The standard InChI is InChI=1S/C55H87N5O2S3/c1-10-14-18-22-24-28-32-40(30-26-20-16-12-3)38-59-48(50-57-36-43(64-50)42-34-35-44(63-42)55(8,9)56)46-47(53(59)62)49(51-58-37-45(65-51)54(5,6)7)60(52(46)61)39-41(31-27-21-17-13-4)33-29-25-23-19-15-11-2/h34-37,40-41H,10-33,38-39,56H2,1-9H3. The number of thiazole rings is 2. The van der Waals surface area contributed by atoms with Crippen LogP contribution in [-0.2, 0) is 20.5 Å². The first kappa shape index (κ1) is 53.3. The van der Waals surface area contributed by atoms with Crippen LogP contribution < -0.4 is 5.73 Å². The molecule has 0 aromatic carbocycles. The first-order chi connectivity index (χ1) is 31.2. The summed E-state index contributed by atoms with van der Waals surface area (Å²) in [6.07, 6.45) is 32.9. The molecule has 3 aromatic rings. The van der Waals surface area contributed by atoms with Crippen LogP contribution in [0.4, 0.5) is 0 Å². The zero-order chi connectivity index (χ0) is 47.0. The second kappa shape index (κ2) is 26.2. The molecular weight excluding hydrogens is 859 g/mol. The molecule has 0 saturated heterocycles. The van der Waals surface area contributed by atoms with Crippen molar-refractivity contribution in [3.05, 3.63) is 55.4 Å². The fraction of sp³-hybridized carbons (Fsp3) is 0.709. The highest BCUT2D eigenvalue weighted by molar-refractivity contribution is 7.22. The number of aromatic nitrogens is 2. The summed E-state index contributed by atoms with van der Waals surface area (Å²) in [5.41, 5.74) is 8.53. The second-order valence-electron chi connectivity index (χ2n) is 21.0. The van der Waals surface area contributed by atoms with Crippen LogP contribution in [0.2, 0.25) is 0 Å². The van der Waals surface area contributed by atoms with Gasteiger partial charge in [0.15, 0.2) is 0 Å². The second-order valence-corrected chi connectivity index (χ2v) is 24.2. The minimum absolute atomic E-state index is 0.0506. The molecule has 2 N–H and O–H groups in total. The van der Waals surface area contributed by atoms with Crippen LogP contribution in [0.5, 0.6) is 0 Å². The number of carbonyl (C=O) groups excluding carboxylic acids is 2. The van der Waals surface area contributed by atoms with Gasteiger partial charge in [-0.05, 0) is 68.9 Å². The van der Waals surface area contributed by atoms with Crippen LogP contribution in [0.15, 0.2) is 35.7 Å². The molecule has 3 aromatic heterocycles. The van der Waals surface area contributed by atoms with Gasteiger partial charge in [0.25, 0.3) is 11.8 Å². The van der Waals surface area contributed by atoms with Crippen molar-refractivity contribution in [1.29, 1.82) is 0 Å². The summed E-state index contributed by atoms with van der Waals surface area (Å²) >= 11 is 4.95. The molecule has 0 radical (unpaired) electrons. The van der Waals surface area contributed by atoms with E-state index in [2.05, 4.69) is 60.6 Å². The number of nitrogens with two attached hydrogens (primary N) is 1. The van der Waals surface area contributed by atoms with Gasteiger partial charge in [0.05, 0.1) is 27.4 Å². The van der Waals surface area contributed by atoms with E-state index in [4.69, 9.17) is 15.7 Å². The average Bonchev–Trinajstić information content (AvgIpc) is 4.12. The molecule has 5 heterocycles. The zero-order valence-electron chi connectivity index (χ0n) is 42.3. The number of rotatable bonds is 32. The summed E-state index contributed by atoms with van der Waals surface area (Å²) in [6.45, 7) is 21.0. The summed E-state index contributed by atoms with van der Waals surface area (Å²) in [5, 5.41) is 1.53. The Hall–Kier alpha value is -2.66. The molecule has 0 saturated carbocycles. The molecular formula is C55H87N5O2S3. The predicted molar refractivity (Wildman–Crippen MR) is 281 cm³/mol. The molecule has 2 aliphatic heterocycles. The smallest absolute Gasteiger partial charge is 0.261 e. The molecule has 7 nitrogen and oxygen atoms in total. The Balaban J connectivity index is 1.61. The number of carbonyl (C=O) groups is 2. The van der Waals surface area contributed by atoms with Gasteiger partial charge in [-0.3, -0.25) is 9.59 Å². The van der Waals surface area contributed by atoms with Gasteiger partial charge in [0.1, 0.15) is 10.0 Å². The van der Waals surface area contributed by atoms with Crippen molar-refractivity contribution in [3.63, 3.8) is 0 Å². The summed E-state index contributed by atoms with van der Waals surface area (Å²) in [4.78, 5) is 49.8. The minimum Gasteiger partial charge on any atom is -0.321 e. The Morgan fingerprint density at radius 3 is 1.31 bits per heavy atom. The Bertz CT molecular complexity index is 1990. The van der Waals surface area contributed by atoms with E-state index in [-0.39, 0.29) is 17.2 Å². The third kappa shape index (κ3) is 14.9. The summed E-state index contributed by atoms with van der Waals surface area (Å²) in [5.74, 6) is 0.593. The molecule has 0 aliphatic carbocycles. The zero-order valence-corrected chi connectivity index (χ0v) is 44.7. The molecule has 2 atom stereocenters. The predicted octanol–water partition coefficient (Wildman–Crippen LogP) is 16.3. The maximum Gasteiger partial charge on any atom is 0.261 e. The van der Waals surface area contributed by atoms with Gasteiger partial charge in [0, 0.05) is 45.7 Å². The van der Waals surface area contributed by atoms with Crippen molar-refractivity contribution in [2.24, 2.45) is 17.6 Å². The SMILES string of the molecule is CCCCCCCCC(CCCCCC)CN1C(=O)C2=C(c3ncc(C(C)(C)C)s3)N(CC(CCCCCC)CCCCCCCC)C(=O)C2=C1c1ncc(-c2ccc(C(C)(C)N)s2)s1. The van der Waals surface area contributed by atoms with E-state index in [9.17, 15) is 0 Å².